The SMILES string of the molecule is COc1ccc2cc1OCCn1nc(C)nc1[C@H](C(C)C)NC(=O)CN(C(=O)c1cccnn1)CCCNC2=O. The van der Waals surface area contributed by atoms with E-state index in [9.17, 15) is 14.4 Å². The van der Waals surface area contributed by atoms with Gasteiger partial charge < -0.3 is 25.0 Å². The monoisotopic (exact) mass is 550 g/mol. The Hall–Kier alpha value is -4.55. The summed E-state index contributed by atoms with van der Waals surface area (Å²) in [7, 11) is 1.53. The zero-order chi connectivity index (χ0) is 28.6. The van der Waals surface area contributed by atoms with E-state index in [4.69, 9.17) is 9.47 Å². The number of ether oxygens (including phenoxy) is 2. The summed E-state index contributed by atoms with van der Waals surface area (Å²) in [6.07, 6.45) is 1.88. The number of carbonyl (C=O) groups is 3. The van der Waals surface area contributed by atoms with Crippen molar-refractivity contribution in [1.82, 2.24) is 40.5 Å². The first kappa shape index (κ1) is 28.5. The van der Waals surface area contributed by atoms with Crippen LogP contribution in [0.4, 0.5) is 0 Å². The average molecular weight is 551 g/mol. The molecule has 0 saturated heterocycles. The van der Waals surface area contributed by atoms with Gasteiger partial charge in [-0.1, -0.05) is 13.8 Å². The Bertz CT molecular complexity index is 1340. The largest absolute Gasteiger partial charge is 0.493 e. The lowest BCUT2D eigenvalue weighted by molar-refractivity contribution is -0.123. The van der Waals surface area contributed by atoms with E-state index < -0.39 is 11.9 Å². The lowest BCUT2D eigenvalue weighted by Gasteiger charge is -2.26. The average Bonchev–Trinajstić information content (AvgIpc) is 3.32. The quantitative estimate of drug-likeness (QED) is 0.494. The number of carbonyl (C=O) groups excluding carboxylic acids is 3. The van der Waals surface area contributed by atoms with Gasteiger partial charge in [0, 0.05) is 24.8 Å². The van der Waals surface area contributed by atoms with E-state index in [2.05, 4.69) is 30.9 Å². The van der Waals surface area contributed by atoms with Crippen LogP contribution in [0.25, 0.3) is 0 Å². The molecule has 0 aliphatic carbocycles. The molecule has 13 heteroatoms. The maximum absolute atomic E-state index is 13.3. The van der Waals surface area contributed by atoms with E-state index >= 15 is 0 Å². The maximum atomic E-state index is 13.3. The van der Waals surface area contributed by atoms with E-state index in [0.29, 0.717) is 41.7 Å². The third kappa shape index (κ3) is 6.90. The molecule has 0 saturated carbocycles. The van der Waals surface area contributed by atoms with Crippen molar-refractivity contribution in [1.29, 1.82) is 0 Å². The number of benzene rings is 1. The highest BCUT2D eigenvalue weighted by molar-refractivity contribution is 5.95. The zero-order valence-electron chi connectivity index (χ0n) is 23.1. The predicted octanol–water partition coefficient (Wildman–Crippen LogP) is 1.55. The van der Waals surface area contributed by atoms with Gasteiger partial charge in [0.05, 0.1) is 26.2 Å². The summed E-state index contributed by atoms with van der Waals surface area (Å²) >= 11 is 0. The van der Waals surface area contributed by atoms with Gasteiger partial charge in [-0.05, 0) is 49.6 Å². The van der Waals surface area contributed by atoms with Crippen LogP contribution in [-0.2, 0) is 11.3 Å². The number of methoxy groups -OCH3 is 1. The molecule has 1 aliphatic heterocycles. The lowest BCUT2D eigenvalue weighted by atomic mass is 10.0. The second-order valence-electron chi connectivity index (χ2n) is 9.69. The van der Waals surface area contributed by atoms with Crippen LogP contribution in [0.2, 0.25) is 0 Å². The molecule has 1 atom stereocenters. The Kier molecular flexibility index (Phi) is 9.25. The Balaban J connectivity index is 1.66. The standard InChI is InChI=1S/C27H34N8O5/c1-17(2)24-25-30-18(3)33-35(25)13-14-40-22-15-19(8-9-21(22)39-4)26(37)28-10-6-12-34(16-23(36)31-24)27(38)20-7-5-11-29-32-20/h5,7-9,11,15,17,24H,6,10,12-14,16H2,1-4H3,(H,28,37)(H,31,36)/t24-/m0/s1. The van der Waals surface area contributed by atoms with E-state index in [1.54, 1.807) is 41.9 Å². The second kappa shape index (κ2) is 13.0. The molecule has 2 bridgehead atoms. The molecule has 1 aliphatic rings. The predicted molar refractivity (Wildman–Crippen MR) is 144 cm³/mol. The molecular formula is C27H34N8O5. The molecule has 0 unspecified atom stereocenters. The van der Waals surface area contributed by atoms with Crippen molar-refractivity contribution in [3.05, 3.63) is 59.4 Å². The highest BCUT2D eigenvalue weighted by Gasteiger charge is 2.27. The first-order valence-corrected chi connectivity index (χ1v) is 13.1. The summed E-state index contributed by atoms with van der Waals surface area (Å²) in [5.41, 5.74) is 0.531. The summed E-state index contributed by atoms with van der Waals surface area (Å²) < 4.78 is 13.1. The lowest BCUT2D eigenvalue weighted by Crippen LogP contribution is -2.44. The first-order valence-electron chi connectivity index (χ1n) is 13.1. The third-order valence-electron chi connectivity index (χ3n) is 6.36. The first-order chi connectivity index (χ1) is 19.3. The van der Waals surface area contributed by atoms with Crippen molar-refractivity contribution in [2.24, 2.45) is 5.92 Å². The Labute approximate surface area is 232 Å². The Morgan fingerprint density at radius 3 is 2.75 bits per heavy atom. The number of nitrogens with zero attached hydrogens (tertiary/aromatic N) is 6. The molecule has 2 aromatic heterocycles. The zero-order valence-corrected chi connectivity index (χ0v) is 23.1. The number of hydrogen-bond acceptors (Lipinski definition) is 9. The molecule has 3 aromatic rings. The van der Waals surface area contributed by atoms with Crippen LogP contribution >= 0.6 is 0 Å². The molecule has 0 radical (unpaired) electrons. The van der Waals surface area contributed by atoms with Gasteiger partial charge in [0.25, 0.3) is 11.8 Å². The van der Waals surface area contributed by atoms with Gasteiger partial charge in [0.2, 0.25) is 5.91 Å². The van der Waals surface area contributed by atoms with Gasteiger partial charge in [-0.2, -0.15) is 10.2 Å². The minimum absolute atomic E-state index is 0.0195. The van der Waals surface area contributed by atoms with Crippen LogP contribution in [0, 0.1) is 12.8 Å². The molecule has 1 aromatic carbocycles. The van der Waals surface area contributed by atoms with E-state index in [1.165, 1.54) is 18.2 Å². The van der Waals surface area contributed by atoms with Gasteiger partial charge >= 0.3 is 0 Å². The second-order valence-corrected chi connectivity index (χ2v) is 9.69. The molecule has 0 fully saturated rings. The van der Waals surface area contributed by atoms with Crippen molar-refractivity contribution >= 4 is 17.7 Å². The number of aromatic nitrogens is 5. The van der Waals surface area contributed by atoms with Crippen LogP contribution < -0.4 is 20.1 Å². The molecule has 3 heterocycles. The van der Waals surface area contributed by atoms with Crippen molar-refractivity contribution < 1.29 is 23.9 Å². The number of aryl methyl sites for hydroxylation is 1. The van der Waals surface area contributed by atoms with E-state index in [0.717, 1.165) is 0 Å². The fourth-order valence-electron chi connectivity index (χ4n) is 4.36. The summed E-state index contributed by atoms with van der Waals surface area (Å²) in [6, 6.07) is 7.66. The molecule has 40 heavy (non-hydrogen) atoms. The van der Waals surface area contributed by atoms with E-state index in [1.807, 2.05) is 13.8 Å². The fraction of sp³-hybridized carbons (Fsp3) is 0.444. The molecule has 4 rings (SSSR count). The van der Waals surface area contributed by atoms with Gasteiger partial charge in [-0.3, -0.25) is 14.4 Å². The highest BCUT2D eigenvalue weighted by Crippen LogP contribution is 2.28. The number of hydrogen-bond donors (Lipinski definition) is 2. The summed E-state index contributed by atoms with van der Waals surface area (Å²) in [4.78, 5) is 45.3. The normalized spacial score (nSPS) is 17.1. The fourth-order valence-corrected chi connectivity index (χ4v) is 4.36. The summed E-state index contributed by atoms with van der Waals surface area (Å²) in [5.74, 6) is 0.941. The minimum Gasteiger partial charge on any atom is -0.493 e. The maximum Gasteiger partial charge on any atom is 0.274 e. The van der Waals surface area contributed by atoms with Crippen molar-refractivity contribution in [3.63, 3.8) is 0 Å². The van der Waals surface area contributed by atoms with Crippen LogP contribution in [0.1, 0.15) is 58.8 Å². The van der Waals surface area contributed by atoms with Crippen molar-refractivity contribution in [2.75, 3.05) is 33.4 Å². The molecule has 0 spiro atoms. The molecule has 2 N–H and O–H groups in total. The molecule has 13 nitrogen and oxygen atoms in total. The Morgan fingerprint density at radius 1 is 1.20 bits per heavy atom. The van der Waals surface area contributed by atoms with Crippen LogP contribution in [0.5, 0.6) is 11.5 Å². The summed E-state index contributed by atoms with van der Waals surface area (Å²) in [5, 5.41) is 18.1. The topological polar surface area (TPSA) is 153 Å². The van der Waals surface area contributed by atoms with Crippen molar-refractivity contribution in [2.45, 2.75) is 39.8 Å². The highest BCUT2D eigenvalue weighted by atomic mass is 16.5. The number of amides is 3. The molecule has 3 amide bonds. The van der Waals surface area contributed by atoms with Gasteiger partial charge in [0.15, 0.2) is 17.2 Å². The Morgan fingerprint density at radius 2 is 2.02 bits per heavy atom. The minimum atomic E-state index is -0.460. The van der Waals surface area contributed by atoms with Crippen LogP contribution in [0.3, 0.4) is 0 Å². The van der Waals surface area contributed by atoms with Gasteiger partial charge in [-0.15, -0.1) is 5.10 Å². The molecular weight excluding hydrogens is 516 g/mol. The van der Waals surface area contributed by atoms with Gasteiger partial charge in [0.1, 0.15) is 18.3 Å². The number of nitrogens with one attached hydrogen (secondary N) is 2. The van der Waals surface area contributed by atoms with Gasteiger partial charge in [-0.25, -0.2) is 9.67 Å². The number of rotatable bonds is 3. The smallest absolute Gasteiger partial charge is 0.274 e. The molecule has 212 valence electrons. The van der Waals surface area contributed by atoms with Crippen LogP contribution in [0.15, 0.2) is 36.5 Å². The number of fused-ring (bicyclic) bond motifs is 3. The summed E-state index contributed by atoms with van der Waals surface area (Å²) in [6.45, 7) is 6.58. The van der Waals surface area contributed by atoms with Crippen LogP contribution in [-0.4, -0.2) is 80.9 Å². The van der Waals surface area contributed by atoms with Crippen molar-refractivity contribution in [3.8, 4) is 11.5 Å². The van der Waals surface area contributed by atoms with E-state index in [-0.39, 0.29) is 49.7 Å². The third-order valence-corrected chi connectivity index (χ3v) is 6.36.